The lowest BCUT2D eigenvalue weighted by molar-refractivity contribution is -0.154. The highest BCUT2D eigenvalue weighted by Crippen LogP contribution is 2.29. The van der Waals surface area contributed by atoms with E-state index in [9.17, 15) is 9.59 Å². The van der Waals surface area contributed by atoms with Crippen LogP contribution in [0.1, 0.15) is 53.4 Å². The van der Waals surface area contributed by atoms with Gasteiger partial charge in [0.2, 0.25) is 0 Å². The molecule has 0 atom stereocenters. The van der Waals surface area contributed by atoms with Crippen molar-refractivity contribution in [3.63, 3.8) is 0 Å². The van der Waals surface area contributed by atoms with Crippen LogP contribution in [0.2, 0.25) is 0 Å². The highest BCUT2D eigenvalue weighted by molar-refractivity contribution is 6.43. The Morgan fingerprint density at radius 2 is 1.47 bits per heavy atom. The van der Waals surface area contributed by atoms with E-state index in [4.69, 9.17) is 33.0 Å². The van der Waals surface area contributed by atoms with Crippen LogP contribution in [0, 0.1) is 10.8 Å². The van der Waals surface area contributed by atoms with Crippen LogP contribution in [0.5, 0.6) is 0 Å². The van der Waals surface area contributed by atoms with Gasteiger partial charge in [0.05, 0.1) is 10.8 Å². The molecule has 1 N–H and O–H groups in total. The molecule has 0 fully saturated rings. The smallest absolute Gasteiger partial charge is 0.313 e. The molecule has 0 aliphatic rings. The van der Waals surface area contributed by atoms with Gasteiger partial charge in [-0.05, 0) is 40.5 Å². The molecule has 0 aromatic carbocycles. The number of aliphatic carboxylic acids is 1. The van der Waals surface area contributed by atoms with E-state index < -0.39 is 27.8 Å². The first-order valence-corrected chi connectivity index (χ1v) is 7.09. The summed E-state index contributed by atoms with van der Waals surface area (Å²) < 4.78 is 4.75. The molecule has 0 saturated carbocycles. The summed E-state index contributed by atoms with van der Waals surface area (Å²) >= 11 is 10.8. The second-order valence-corrected chi connectivity index (χ2v) is 6.96. The maximum Gasteiger partial charge on any atom is 0.313 e. The number of carboxylic acid groups (broad SMARTS) is 1. The van der Waals surface area contributed by atoms with Crippen molar-refractivity contribution in [2.24, 2.45) is 10.8 Å². The molecule has 0 rings (SSSR count). The number of rotatable bonds is 8. The van der Waals surface area contributed by atoms with Crippen molar-refractivity contribution in [3.8, 4) is 0 Å². The van der Waals surface area contributed by atoms with E-state index in [0.29, 0.717) is 12.8 Å². The minimum Gasteiger partial charge on any atom is -0.481 e. The van der Waals surface area contributed by atoms with Gasteiger partial charge in [0.25, 0.3) is 5.02 Å². The summed E-state index contributed by atoms with van der Waals surface area (Å²) in [5.41, 5.74) is -1.41. The number of carbonyl (C=O) groups is 2. The Hall–Kier alpha value is -0.480. The van der Waals surface area contributed by atoms with Crippen LogP contribution in [-0.2, 0) is 14.3 Å². The topological polar surface area (TPSA) is 63.6 Å². The number of unbranched alkanes of at least 4 members (excludes halogenated alkanes) is 1. The zero-order valence-corrected chi connectivity index (χ0v) is 13.3. The summed E-state index contributed by atoms with van der Waals surface area (Å²) in [4.78, 5) is 22.6. The molecule has 0 unspecified atom stereocenters. The Morgan fingerprint density at radius 3 is 1.84 bits per heavy atom. The van der Waals surface area contributed by atoms with Crippen LogP contribution in [0.3, 0.4) is 0 Å². The molecule has 0 saturated heterocycles. The number of ether oxygens (including phenoxy) is 1. The standard InChI is InChI=1S/C13H22Cl2O4/c1-12(2,9(16)17)7-5-6-8-13(3,4)10(18)19-11(14)15/h11H,5-8H2,1-4H3,(H,16,17). The molecule has 0 heterocycles. The molecule has 112 valence electrons. The summed E-state index contributed by atoms with van der Waals surface area (Å²) in [6.07, 6.45) is 2.65. The quantitative estimate of drug-likeness (QED) is 0.418. The number of carboxylic acids is 1. The van der Waals surface area contributed by atoms with Crippen LogP contribution in [0.25, 0.3) is 0 Å². The summed E-state index contributed by atoms with van der Waals surface area (Å²) in [5, 5.41) is 7.83. The molecular formula is C13H22Cl2O4. The predicted octanol–water partition coefficient (Wildman–Crippen LogP) is 3.99. The third-order valence-corrected chi connectivity index (χ3v) is 3.36. The van der Waals surface area contributed by atoms with Crippen molar-refractivity contribution in [2.45, 2.75) is 58.4 Å². The van der Waals surface area contributed by atoms with Crippen LogP contribution >= 0.6 is 23.2 Å². The number of halogens is 2. The number of hydrogen-bond donors (Lipinski definition) is 1. The van der Waals surface area contributed by atoms with E-state index in [2.05, 4.69) is 0 Å². The van der Waals surface area contributed by atoms with Crippen LogP contribution in [-0.4, -0.2) is 22.1 Å². The molecule has 0 amide bonds. The van der Waals surface area contributed by atoms with Gasteiger partial charge >= 0.3 is 11.9 Å². The van der Waals surface area contributed by atoms with Crippen LogP contribution < -0.4 is 0 Å². The first kappa shape index (κ1) is 18.5. The predicted molar refractivity (Wildman–Crippen MR) is 75.3 cm³/mol. The fraction of sp³-hybridized carbons (Fsp3) is 0.846. The zero-order valence-electron chi connectivity index (χ0n) is 11.8. The monoisotopic (exact) mass is 312 g/mol. The van der Waals surface area contributed by atoms with Gasteiger partial charge in [-0.3, -0.25) is 9.59 Å². The van der Waals surface area contributed by atoms with Gasteiger partial charge in [-0.2, -0.15) is 0 Å². The molecule has 0 aromatic heterocycles. The van der Waals surface area contributed by atoms with Gasteiger partial charge < -0.3 is 9.84 Å². The number of carbonyl (C=O) groups excluding carboxylic acids is 1. The van der Waals surface area contributed by atoms with Crippen LogP contribution in [0.4, 0.5) is 0 Å². The highest BCUT2D eigenvalue weighted by Gasteiger charge is 2.31. The van der Waals surface area contributed by atoms with Crippen molar-refractivity contribution in [1.29, 1.82) is 0 Å². The third kappa shape index (κ3) is 7.02. The lowest BCUT2D eigenvalue weighted by Crippen LogP contribution is -2.28. The van der Waals surface area contributed by atoms with E-state index in [1.54, 1.807) is 27.7 Å². The number of esters is 1. The van der Waals surface area contributed by atoms with Gasteiger partial charge in [0.15, 0.2) is 0 Å². The lowest BCUT2D eigenvalue weighted by Gasteiger charge is -2.24. The summed E-state index contributed by atoms with van der Waals surface area (Å²) in [7, 11) is 0. The van der Waals surface area contributed by atoms with Crippen LogP contribution in [0.15, 0.2) is 0 Å². The molecule has 6 heteroatoms. The molecule has 0 aromatic rings. The van der Waals surface area contributed by atoms with Crippen molar-refractivity contribution >= 4 is 35.1 Å². The second kappa shape index (κ2) is 7.34. The van der Waals surface area contributed by atoms with Gasteiger partial charge in [-0.1, -0.05) is 36.0 Å². The maximum atomic E-state index is 11.7. The number of hydrogen-bond acceptors (Lipinski definition) is 3. The highest BCUT2D eigenvalue weighted by atomic mass is 35.5. The Bertz CT molecular complexity index is 325. The van der Waals surface area contributed by atoms with Crippen molar-refractivity contribution in [3.05, 3.63) is 0 Å². The summed E-state index contributed by atoms with van der Waals surface area (Å²) in [6.45, 7) is 6.91. The summed E-state index contributed by atoms with van der Waals surface area (Å²) in [6, 6.07) is 0. The van der Waals surface area contributed by atoms with Crippen molar-refractivity contribution in [2.75, 3.05) is 0 Å². The Kier molecular flexibility index (Phi) is 7.16. The van der Waals surface area contributed by atoms with Crippen molar-refractivity contribution in [1.82, 2.24) is 0 Å². The lowest BCUT2D eigenvalue weighted by atomic mass is 9.83. The minimum atomic E-state index is -1.15. The van der Waals surface area contributed by atoms with E-state index in [1.807, 2.05) is 0 Å². The molecule has 0 radical (unpaired) electrons. The van der Waals surface area contributed by atoms with Gasteiger partial charge in [-0.15, -0.1) is 0 Å². The molecule has 0 aliphatic heterocycles. The number of alkyl halides is 2. The largest absolute Gasteiger partial charge is 0.481 e. The minimum absolute atomic E-state index is 0.444. The molecule has 0 spiro atoms. The average molecular weight is 313 g/mol. The first-order valence-electron chi connectivity index (χ1n) is 6.22. The fourth-order valence-electron chi connectivity index (χ4n) is 1.58. The second-order valence-electron chi connectivity index (χ2n) is 5.95. The van der Waals surface area contributed by atoms with E-state index >= 15 is 0 Å². The van der Waals surface area contributed by atoms with Gasteiger partial charge in [0, 0.05) is 0 Å². The SMILES string of the molecule is CC(C)(CCCCC(C)(C)C(=O)OC(Cl)Cl)C(=O)O. The average Bonchev–Trinajstić information content (AvgIpc) is 2.23. The Balaban J connectivity index is 4.13. The Morgan fingerprint density at radius 1 is 1.05 bits per heavy atom. The molecular weight excluding hydrogens is 291 g/mol. The fourth-order valence-corrected chi connectivity index (χ4v) is 1.75. The molecule has 19 heavy (non-hydrogen) atoms. The molecule has 0 bridgehead atoms. The maximum absolute atomic E-state index is 11.7. The van der Waals surface area contributed by atoms with Gasteiger partial charge in [-0.25, -0.2) is 0 Å². The Labute approximate surface area is 124 Å². The molecule has 0 aliphatic carbocycles. The van der Waals surface area contributed by atoms with Crippen molar-refractivity contribution < 1.29 is 19.4 Å². The summed E-state index contributed by atoms with van der Waals surface area (Å²) in [5.74, 6) is -1.25. The third-order valence-electron chi connectivity index (χ3n) is 3.18. The molecule has 4 nitrogen and oxygen atoms in total. The first-order chi connectivity index (χ1) is 8.49. The zero-order chi connectivity index (χ0) is 15.3. The van der Waals surface area contributed by atoms with E-state index in [1.165, 1.54) is 0 Å². The van der Waals surface area contributed by atoms with Gasteiger partial charge in [0.1, 0.15) is 0 Å². The normalized spacial score (nSPS) is 12.6. The van der Waals surface area contributed by atoms with E-state index in [0.717, 1.165) is 12.8 Å². The van der Waals surface area contributed by atoms with E-state index in [-0.39, 0.29) is 0 Å².